The van der Waals surface area contributed by atoms with E-state index < -0.39 is 8.25 Å². The molecule has 3 N–H and O–H groups in total. The molecule has 8 heteroatoms. The van der Waals surface area contributed by atoms with Gasteiger partial charge in [-0.15, -0.1) is 0 Å². The number of amides is 1. The zero-order valence-corrected chi connectivity index (χ0v) is 18.9. The normalized spacial score (nSPS) is 11.9. The summed E-state index contributed by atoms with van der Waals surface area (Å²) in [6, 6.07) is 16.1. The molecule has 0 aliphatic carbocycles. The summed E-state index contributed by atoms with van der Waals surface area (Å²) in [4.78, 5) is 20.8. The highest BCUT2D eigenvalue weighted by atomic mass is 79.9. The lowest BCUT2D eigenvalue weighted by Gasteiger charge is -2.10. The van der Waals surface area contributed by atoms with Gasteiger partial charge in [-0.05, 0) is 71.4 Å². The van der Waals surface area contributed by atoms with Gasteiger partial charge in [-0.2, -0.15) is 0 Å². The highest BCUT2D eigenvalue weighted by molar-refractivity contribution is 9.10. The van der Waals surface area contributed by atoms with Crippen molar-refractivity contribution in [2.75, 3.05) is 18.5 Å². The summed E-state index contributed by atoms with van der Waals surface area (Å²) in [6.45, 7) is 1.62. The van der Waals surface area contributed by atoms with Gasteiger partial charge >= 0.3 is 8.25 Å². The fourth-order valence-electron chi connectivity index (χ4n) is 2.83. The van der Waals surface area contributed by atoms with E-state index >= 15 is 0 Å². The minimum Gasteiger partial charge on any atom is -0.326 e. The summed E-state index contributed by atoms with van der Waals surface area (Å²) < 4.78 is 15.9. The van der Waals surface area contributed by atoms with Crippen molar-refractivity contribution in [3.05, 3.63) is 64.1 Å². The van der Waals surface area contributed by atoms with Crippen molar-refractivity contribution in [2.45, 2.75) is 38.6 Å². The molecule has 0 aliphatic heterocycles. The van der Waals surface area contributed by atoms with E-state index in [2.05, 4.69) is 43.2 Å². The van der Waals surface area contributed by atoms with Crippen LogP contribution < -0.4 is 10.6 Å². The molecular weight excluding hydrogens is 455 g/mol. The minimum atomic E-state index is -2.83. The average molecular weight is 483 g/mol. The molecule has 0 heterocycles. The Morgan fingerprint density at radius 1 is 1.07 bits per heavy atom. The van der Waals surface area contributed by atoms with E-state index in [-0.39, 0.29) is 12.5 Å². The van der Waals surface area contributed by atoms with Crippen LogP contribution in [-0.2, 0) is 26.8 Å². The van der Waals surface area contributed by atoms with Gasteiger partial charge in [0.2, 0.25) is 5.91 Å². The fraction of sp³-hybridized carbons (Fsp3) is 0.381. The number of carbonyl (C=O) groups excluding carboxylic acids is 1. The maximum Gasteiger partial charge on any atom is 0.316 e. The van der Waals surface area contributed by atoms with Crippen LogP contribution in [0.5, 0.6) is 0 Å². The Kier molecular flexibility index (Phi) is 11.2. The molecule has 2 aromatic rings. The predicted molar refractivity (Wildman–Crippen MR) is 120 cm³/mol. The molecule has 1 amide bonds. The van der Waals surface area contributed by atoms with E-state index in [1.54, 1.807) is 0 Å². The molecule has 0 aromatic heterocycles. The molecule has 1 unspecified atom stereocenters. The van der Waals surface area contributed by atoms with Crippen molar-refractivity contribution in [3.8, 4) is 0 Å². The lowest BCUT2D eigenvalue weighted by atomic mass is 10.1. The zero-order chi connectivity index (χ0) is 20.9. The topological polar surface area (TPSA) is 87.7 Å². The molecule has 0 aliphatic rings. The van der Waals surface area contributed by atoms with Crippen LogP contribution in [0.4, 0.5) is 5.69 Å². The van der Waals surface area contributed by atoms with Crippen LogP contribution in [0.3, 0.4) is 0 Å². The first-order chi connectivity index (χ1) is 14.0. The lowest BCUT2D eigenvalue weighted by molar-refractivity contribution is -0.116. The molecule has 0 bridgehead atoms. The van der Waals surface area contributed by atoms with Gasteiger partial charge in [-0.1, -0.05) is 36.4 Å². The van der Waals surface area contributed by atoms with Gasteiger partial charge in [0.25, 0.3) is 0 Å². The summed E-state index contributed by atoms with van der Waals surface area (Å²) >= 11 is 3.52. The standard InChI is InChI=1S/C21H28BrN2O4P/c22-19-15-18(16-23-13-6-14-28-29(26)27)11-12-20(19)24-21(25)10-5-4-9-17-7-2-1-3-8-17/h1-3,7-8,11-12,15,23,29H,4-6,9-10,13-14,16H2,(H,24,25)(H,26,27). The maximum atomic E-state index is 12.2. The van der Waals surface area contributed by atoms with Crippen LogP contribution in [0.2, 0.25) is 0 Å². The summed E-state index contributed by atoms with van der Waals surface area (Å²) in [6.07, 6.45) is 4.00. The Morgan fingerprint density at radius 2 is 1.86 bits per heavy atom. The fourth-order valence-corrected chi connectivity index (χ4v) is 3.68. The van der Waals surface area contributed by atoms with Gasteiger partial charge in [0, 0.05) is 17.4 Å². The molecule has 1 atom stereocenters. The van der Waals surface area contributed by atoms with Gasteiger partial charge < -0.3 is 20.1 Å². The second-order valence-corrected chi connectivity index (χ2v) is 8.37. The third-order valence-corrected chi connectivity index (χ3v) is 5.43. The number of hydrogen-bond donors (Lipinski definition) is 3. The number of benzene rings is 2. The first kappa shape index (κ1) is 23.8. The molecule has 2 aromatic carbocycles. The number of anilines is 1. The van der Waals surface area contributed by atoms with E-state index in [9.17, 15) is 9.36 Å². The van der Waals surface area contributed by atoms with E-state index in [0.29, 0.717) is 25.9 Å². The zero-order valence-electron chi connectivity index (χ0n) is 16.3. The van der Waals surface area contributed by atoms with Crippen molar-refractivity contribution < 1.29 is 18.8 Å². The first-order valence-electron chi connectivity index (χ1n) is 9.73. The lowest BCUT2D eigenvalue weighted by Crippen LogP contribution is -2.16. The van der Waals surface area contributed by atoms with Crippen molar-refractivity contribution in [2.24, 2.45) is 0 Å². The molecule has 158 valence electrons. The molecule has 0 spiro atoms. The summed E-state index contributed by atoms with van der Waals surface area (Å²) in [7, 11) is -2.83. The third-order valence-electron chi connectivity index (χ3n) is 4.32. The Labute approximate surface area is 181 Å². The van der Waals surface area contributed by atoms with Crippen LogP contribution in [-0.4, -0.2) is 24.0 Å². The number of hydrogen-bond acceptors (Lipinski definition) is 4. The van der Waals surface area contributed by atoms with Gasteiger partial charge in [-0.25, -0.2) is 0 Å². The maximum absolute atomic E-state index is 12.2. The minimum absolute atomic E-state index is 0.0211. The predicted octanol–water partition coefficient (Wildman–Crippen LogP) is 4.68. The average Bonchev–Trinajstić information content (AvgIpc) is 2.70. The number of nitrogens with one attached hydrogen (secondary N) is 2. The summed E-state index contributed by atoms with van der Waals surface area (Å²) in [5.74, 6) is 0.0211. The molecule has 0 saturated heterocycles. The Morgan fingerprint density at radius 3 is 2.59 bits per heavy atom. The van der Waals surface area contributed by atoms with Crippen molar-refractivity contribution >= 4 is 35.8 Å². The van der Waals surface area contributed by atoms with Gasteiger partial charge in [0.05, 0.1) is 12.3 Å². The second-order valence-electron chi connectivity index (χ2n) is 6.70. The van der Waals surface area contributed by atoms with Gasteiger partial charge in [0.15, 0.2) is 0 Å². The molecule has 0 fully saturated rings. The number of halogens is 1. The summed E-state index contributed by atoms with van der Waals surface area (Å²) in [5.41, 5.74) is 3.15. The first-order valence-corrected chi connectivity index (χ1v) is 11.8. The van der Waals surface area contributed by atoms with E-state index in [0.717, 1.165) is 35.0 Å². The highest BCUT2D eigenvalue weighted by Crippen LogP contribution is 2.24. The quantitative estimate of drug-likeness (QED) is 0.285. The van der Waals surface area contributed by atoms with Crippen molar-refractivity contribution in [1.82, 2.24) is 5.32 Å². The molecule has 29 heavy (non-hydrogen) atoms. The van der Waals surface area contributed by atoms with Crippen LogP contribution in [0, 0.1) is 0 Å². The number of carbonyl (C=O) groups is 1. The van der Waals surface area contributed by atoms with Crippen LogP contribution in [0.25, 0.3) is 0 Å². The van der Waals surface area contributed by atoms with E-state index in [1.807, 2.05) is 36.4 Å². The molecule has 0 saturated carbocycles. The van der Waals surface area contributed by atoms with Crippen molar-refractivity contribution in [1.29, 1.82) is 0 Å². The van der Waals surface area contributed by atoms with Crippen molar-refractivity contribution in [3.63, 3.8) is 0 Å². The highest BCUT2D eigenvalue weighted by Gasteiger charge is 2.07. The second kappa shape index (κ2) is 13.7. The monoisotopic (exact) mass is 482 g/mol. The molecular formula is C21H28BrN2O4P. The van der Waals surface area contributed by atoms with E-state index in [1.165, 1.54) is 5.56 Å². The summed E-state index contributed by atoms with van der Waals surface area (Å²) in [5, 5.41) is 6.21. The number of aryl methyl sites for hydroxylation is 1. The number of rotatable bonds is 13. The Balaban J connectivity index is 1.65. The van der Waals surface area contributed by atoms with Gasteiger partial charge in [0.1, 0.15) is 0 Å². The largest absolute Gasteiger partial charge is 0.326 e. The molecule has 0 radical (unpaired) electrons. The van der Waals surface area contributed by atoms with E-state index in [4.69, 9.17) is 4.89 Å². The SMILES string of the molecule is O=C(CCCCc1ccccc1)Nc1ccc(CNCCCO[PH](=O)O)cc1Br. The third kappa shape index (κ3) is 10.2. The van der Waals surface area contributed by atoms with Crippen LogP contribution in [0.1, 0.15) is 36.8 Å². The van der Waals surface area contributed by atoms with Crippen LogP contribution in [0.15, 0.2) is 53.0 Å². The smallest absolute Gasteiger partial charge is 0.316 e. The molecule has 2 rings (SSSR count). The van der Waals surface area contributed by atoms with Gasteiger partial charge in [-0.3, -0.25) is 9.36 Å². The molecule has 6 nitrogen and oxygen atoms in total. The Bertz CT molecular complexity index is 790. The Hall–Kier alpha value is -1.50. The van der Waals surface area contributed by atoms with Crippen LogP contribution >= 0.6 is 24.2 Å². The number of unbranched alkanes of at least 4 members (excludes halogenated alkanes) is 1.